The van der Waals surface area contributed by atoms with Gasteiger partial charge in [0.15, 0.2) is 0 Å². The molecule has 1 aliphatic heterocycles. The van der Waals surface area contributed by atoms with E-state index in [1.165, 1.54) is 17.8 Å². The highest BCUT2D eigenvalue weighted by atomic mass is 32.1. The molecule has 0 bridgehead atoms. The van der Waals surface area contributed by atoms with Gasteiger partial charge in [0.25, 0.3) is 0 Å². The summed E-state index contributed by atoms with van der Waals surface area (Å²) in [6.07, 6.45) is 1.36. The highest BCUT2D eigenvalue weighted by Crippen LogP contribution is 2.29. The van der Waals surface area contributed by atoms with Gasteiger partial charge in [-0.05, 0) is 31.2 Å². The number of hydrogen-bond acceptors (Lipinski definition) is 3. The average molecular weight is 276 g/mol. The van der Waals surface area contributed by atoms with Crippen LogP contribution in [0.5, 0.6) is 0 Å². The summed E-state index contributed by atoms with van der Waals surface area (Å²) in [5.74, 6) is 7.62. The molecule has 0 spiro atoms. The number of nitrogens with zero attached hydrogens (tertiary/aromatic N) is 1. The van der Waals surface area contributed by atoms with Crippen molar-refractivity contribution in [2.45, 2.75) is 39.8 Å². The Bertz CT molecular complexity index is 469. The maximum Gasteiger partial charge on any atom is 0.0555 e. The fraction of sp³-hybridized carbons (Fsp3) is 0.625. The van der Waals surface area contributed by atoms with Crippen LogP contribution in [0.3, 0.4) is 0 Å². The van der Waals surface area contributed by atoms with E-state index in [0.29, 0.717) is 12.6 Å². The fourth-order valence-corrected chi connectivity index (χ4v) is 3.76. The van der Waals surface area contributed by atoms with Crippen LogP contribution in [0.1, 0.15) is 37.6 Å². The number of thiophene rings is 1. The van der Waals surface area contributed by atoms with Gasteiger partial charge < -0.3 is 5.73 Å². The second kappa shape index (κ2) is 6.56. The zero-order chi connectivity index (χ0) is 13.8. The molecule has 1 saturated heterocycles. The molecular weight excluding hydrogens is 252 g/mol. The molecule has 0 amide bonds. The number of hydrogen-bond donors (Lipinski definition) is 1. The predicted molar refractivity (Wildman–Crippen MR) is 83.1 cm³/mol. The molecule has 0 radical (unpaired) electrons. The van der Waals surface area contributed by atoms with Gasteiger partial charge in [0.2, 0.25) is 0 Å². The molecule has 1 aliphatic rings. The van der Waals surface area contributed by atoms with Gasteiger partial charge in [-0.25, -0.2) is 0 Å². The van der Waals surface area contributed by atoms with Crippen molar-refractivity contribution in [1.29, 1.82) is 0 Å². The fourth-order valence-electron chi connectivity index (χ4n) is 2.92. The lowest BCUT2D eigenvalue weighted by atomic mass is 9.86. The van der Waals surface area contributed by atoms with Gasteiger partial charge in [0.05, 0.1) is 6.54 Å². The van der Waals surface area contributed by atoms with Crippen molar-refractivity contribution in [2.24, 2.45) is 17.6 Å². The SMILES string of the molecule is CC1CC(C)C(C)N(Cc2cc(C#CCN)cs2)C1. The third kappa shape index (κ3) is 3.82. The van der Waals surface area contributed by atoms with E-state index in [-0.39, 0.29) is 0 Å². The molecule has 3 unspecified atom stereocenters. The topological polar surface area (TPSA) is 29.3 Å². The zero-order valence-corrected chi connectivity index (χ0v) is 13.0. The minimum absolute atomic E-state index is 0.434. The lowest BCUT2D eigenvalue weighted by Gasteiger charge is -2.40. The van der Waals surface area contributed by atoms with Crippen LogP contribution in [-0.2, 0) is 6.54 Å². The smallest absolute Gasteiger partial charge is 0.0555 e. The van der Waals surface area contributed by atoms with Crippen LogP contribution in [-0.4, -0.2) is 24.0 Å². The summed E-state index contributed by atoms with van der Waals surface area (Å²) in [6, 6.07) is 2.89. The van der Waals surface area contributed by atoms with Crippen molar-refractivity contribution in [1.82, 2.24) is 4.90 Å². The minimum atomic E-state index is 0.434. The van der Waals surface area contributed by atoms with Crippen LogP contribution in [0.15, 0.2) is 11.4 Å². The largest absolute Gasteiger partial charge is 0.320 e. The van der Waals surface area contributed by atoms with Crippen molar-refractivity contribution >= 4 is 11.3 Å². The quantitative estimate of drug-likeness (QED) is 0.842. The first-order chi connectivity index (χ1) is 9.10. The van der Waals surface area contributed by atoms with E-state index in [4.69, 9.17) is 5.73 Å². The Morgan fingerprint density at radius 2 is 2.21 bits per heavy atom. The van der Waals surface area contributed by atoms with Crippen molar-refractivity contribution in [2.75, 3.05) is 13.1 Å². The first-order valence-corrected chi connectivity index (χ1v) is 7.98. The van der Waals surface area contributed by atoms with Gasteiger partial charge in [0.1, 0.15) is 0 Å². The maximum absolute atomic E-state index is 5.40. The number of nitrogens with two attached hydrogens (primary N) is 1. The highest BCUT2D eigenvalue weighted by molar-refractivity contribution is 7.10. The summed E-state index contributed by atoms with van der Waals surface area (Å²) in [7, 11) is 0. The lowest BCUT2D eigenvalue weighted by molar-refractivity contribution is 0.0739. The number of likely N-dealkylation sites (tertiary alicyclic amines) is 1. The van der Waals surface area contributed by atoms with E-state index >= 15 is 0 Å². The second-order valence-corrected chi connectivity index (χ2v) is 6.79. The summed E-state index contributed by atoms with van der Waals surface area (Å²) in [6.45, 7) is 9.81. The molecular formula is C16H24N2S. The van der Waals surface area contributed by atoms with Crippen LogP contribution in [0.25, 0.3) is 0 Å². The van der Waals surface area contributed by atoms with E-state index in [1.54, 1.807) is 0 Å². The summed E-state index contributed by atoms with van der Waals surface area (Å²) in [5, 5.41) is 2.14. The zero-order valence-electron chi connectivity index (χ0n) is 12.1. The maximum atomic E-state index is 5.40. The van der Waals surface area contributed by atoms with E-state index < -0.39 is 0 Å². The standard InChI is InChI=1S/C16H24N2S/c1-12-7-13(2)14(3)18(9-12)10-16-8-15(11-19-16)5-4-6-17/h8,11-14H,6-7,9-10,17H2,1-3H3. The van der Waals surface area contributed by atoms with Crippen molar-refractivity contribution in [3.8, 4) is 11.8 Å². The Hall–Kier alpha value is -0.820. The molecule has 104 valence electrons. The number of piperidine rings is 1. The molecule has 0 saturated carbocycles. The normalized spacial score (nSPS) is 27.9. The van der Waals surface area contributed by atoms with Gasteiger partial charge in [0, 0.05) is 35.0 Å². The number of rotatable bonds is 2. The summed E-state index contributed by atoms with van der Waals surface area (Å²) < 4.78 is 0. The Labute approximate surface area is 121 Å². The van der Waals surface area contributed by atoms with Gasteiger partial charge in [-0.15, -0.1) is 11.3 Å². The lowest BCUT2D eigenvalue weighted by Crippen LogP contribution is -2.44. The van der Waals surface area contributed by atoms with Gasteiger partial charge in [-0.2, -0.15) is 0 Å². The Kier molecular flexibility index (Phi) is 5.04. The molecule has 1 fully saturated rings. The van der Waals surface area contributed by atoms with Crippen LogP contribution in [0.2, 0.25) is 0 Å². The van der Waals surface area contributed by atoms with Crippen molar-refractivity contribution in [3.63, 3.8) is 0 Å². The van der Waals surface area contributed by atoms with E-state index in [9.17, 15) is 0 Å². The Morgan fingerprint density at radius 3 is 2.95 bits per heavy atom. The molecule has 2 heterocycles. The molecule has 1 aromatic heterocycles. The van der Waals surface area contributed by atoms with Crippen LogP contribution in [0.4, 0.5) is 0 Å². The molecule has 2 nitrogen and oxygen atoms in total. The van der Waals surface area contributed by atoms with Crippen LogP contribution >= 0.6 is 11.3 Å². The monoisotopic (exact) mass is 276 g/mol. The van der Waals surface area contributed by atoms with Crippen molar-refractivity contribution < 1.29 is 0 Å². The summed E-state index contributed by atoms with van der Waals surface area (Å²) in [4.78, 5) is 4.03. The summed E-state index contributed by atoms with van der Waals surface area (Å²) in [5.41, 5.74) is 6.51. The molecule has 2 rings (SSSR count). The molecule has 1 aromatic rings. The predicted octanol–water partition coefficient (Wildman–Crippen LogP) is 2.92. The molecule has 2 N–H and O–H groups in total. The Morgan fingerprint density at radius 1 is 1.42 bits per heavy atom. The van der Waals surface area contributed by atoms with Crippen LogP contribution < -0.4 is 5.73 Å². The molecule has 0 aromatic carbocycles. The molecule has 19 heavy (non-hydrogen) atoms. The third-order valence-electron chi connectivity index (χ3n) is 4.07. The van der Waals surface area contributed by atoms with Gasteiger partial charge in [-0.1, -0.05) is 25.7 Å². The van der Waals surface area contributed by atoms with Gasteiger partial charge >= 0.3 is 0 Å². The molecule has 3 heteroatoms. The second-order valence-electron chi connectivity index (χ2n) is 5.80. The van der Waals surface area contributed by atoms with Crippen LogP contribution in [0, 0.1) is 23.7 Å². The average Bonchev–Trinajstić information content (AvgIpc) is 2.80. The van der Waals surface area contributed by atoms with E-state index in [1.807, 2.05) is 11.3 Å². The van der Waals surface area contributed by atoms with Crippen molar-refractivity contribution in [3.05, 3.63) is 21.9 Å². The van der Waals surface area contributed by atoms with Gasteiger partial charge in [-0.3, -0.25) is 4.90 Å². The first kappa shape index (κ1) is 14.6. The molecule has 3 atom stereocenters. The minimum Gasteiger partial charge on any atom is -0.320 e. The van der Waals surface area contributed by atoms with E-state index in [0.717, 1.165) is 23.9 Å². The van der Waals surface area contributed by atoms with E-state index in [2.05, 4.69) is 49.0 Å². The summed E-state index contributed by atoms with van der Waals surface area (Å²) >= 11 is 1.81. The Balaban J connectivity index is 2.01. The first-order valence-electron chi connectivity index (χ1n) is 7.10. The highest BCUT2D eigenvalue weighted by Gasteiger charge is 2.28. The third-order valence-corrected chi connectivity index (χ3v) is 4.99. The molecule has 0 aliphatic carbocycles.